The third kappa shape index (κ3) is 3.63. The highest BCUT2D eigenvalue weighted by Crippen LogP contribution is 2.22. The second-order valence-electron chi connectivity index (χ2n) is 4.57. The van der Waals surface area contributed by atoms with Crippen molar-refractivity contribution < 1.29 is 9.21 Å². The summed E-state index contributed by atoms with van der Waals surface area (Å²) in [5.41, 5.74) is 2.02. The highest BCUT2D eigenvalue weighted by atomic mass is 79.9. The van der Waals surface area contributed by atoms with Gasteiger partial charge in [-0.1, -0.05) is 34.1 Å². The van der Waals surface area contributed by atoms with Crippen molar-refractivity contribution in [2.75, 3.05) is 0 Å². The van der Waals surface area contributed by atoms with Crippen molar-refractivity contribution in [1.29, 1.82) is 0 Å². The van der Waals surface area contributed by atoms with Gasteiger partial charge in [0.2, 0.25) is 0 Å². The molecule has 2 N–H and O–H groups in total. The number of benzene rings is 1. The van der Waals surface area contributed by atoms with Gasteiger partial charge in [0.1, 0.15) is 5.76 Å². The molecule has 20 heavy (non-hydrogen) atoms. The van der Waals surface area contributed by atoms with Crippen molar-refractivity contribution in [1.82, 2.24) is 10.6 Å². The van der Waals surface area contributed by atoms with E-state index in [2.05, 4.69) is 26.6 Å². The monoisotopic (exact) mass is 336 g/mol. The minimum atomic E-state index is -0.200. The Morgan fingerprint density at radius 1 is 1.35 bits per heavy atom. The van der Waals surface area contributed by atoms with E-state index in [-0.39, 0.29) is 12.1 Å². The minimum absolute atomic E-state index is 0.0731. The molecule has 0 fully saturated rings. The van der Waals surface area contributed by atoms with Crippen LogP contribution >= 0.6 is 15.9 Å². The first-order valence-electron chi connectivity index (χ1n) is 6.39. The van der Waals surface area contributed by atoms with Crippen LogP contribution in [0.4, 0.5) is 4.79 Å². The molecule has 0 bridgehead atoms. The van der Waals surface area contributed by atoms with Crippen molar-refractivity contribution >= 4 is 22.0 Å². The van der Waals surface area contributed by atoms with Gasteiger partial charge in [-0.2, -0.15) is 0 Å². The summed E-state index contributed by atoms with van der Waals surface area (Å²) in [6.07, 6.45) is 1.62. The third-order valence-corrected chi connectivity index (χ3v) is 3.85. The maximum absolute atomic E-state index is 11.9. The third-order valence-electron chi connectivity index (χ3n) is 3.12. The Morgan fingerprint density at radius 2 is 2.10 bits per heavy atom. The Bertz CT molecular complexity index is 595. The van der Waals surface area contributed by atoms with E-state index in [1.54, 1.807) is 6.26 Å². The summed E-state index contributed by atoms with van der Waals surface area (Å²) in [5, 5.41) is 5.73. The van der Waals surface area contributed by atoms with E-state index in [4.69, 9.17) is 4.42 Å². The molecule has 1 aromatic heterocycles. The van der Waals surface area contributed by atoms with E-state index in [0.29, 0.717) is 6.54 Å². The zero-order valence-electron chi connectivity index (χ0n) is 11.4. The van der Waals surface area contributed by atoms with Gasteiger partial charge in [0.05, 0.1) is 12.3 Å². The van der Waals surface area contributed by atoms with Crippen molar-refractivity contribution in [3.63, 3.8) is 0 Å². The van der Waals surface area contributed by atoms with Crippen LogP contribution in [0.1, 0.15) is 29.9 Å². The van der Waals surface area contributed by atoms with Gasteiger partial charge >= 0.3 is 6.03 Å². The number of hydrogen-bond donors (Lipinski definition) is 2. The smallest absolute Gasteiger partial charge is 0.315 e. The average molecular weight is 337 g/mol. The molecular formula is C15H17BrN2O2. The molecule has 106 valence electrons. The van der Waals surface area contributed by atoms with E-state index in [9.17, 15) is 4.79 Å². The van der Waals surface area contributed by atoms with Crippen molar-refractivity contribution in [2.45, 2.75) is 26.4 Å². The number of amides is 2. The van der Waals surface area contributed by atoms with Crippen LogP contribution in [-0.4, -0.2) is 6.03 Å². The van der Waals surface area contributed by atoms with Crippen molar-refractivity contribution in [3.8, 4) is 0 Å². The molecule has 0 spiro atoms. The molecule has 2 aromatic rings. The molecule has 1 atom stereocenters. The van der Waals surface area contributed by atoms with Crippen LogP contribution in [0.2, 0.25) is 0 Å². The van der Waals surface area contributed by atoms with Crippen LogP contribution in [0.5, 0.6) is 0 Å². The highest BCUT2D eigenvalue weighted by Gasteiger charge is 2.12. The van der Waals surface area contributed by atoms with Gasteiger partial charge in [0.15, 0.2) is 0 Å². The van der Waals surface area contributed by atoms with E-state index in [1.165, 1.54) is 0 Å². The number of halogens is 1. The lowest BCUT2D eigenvalue weighted by Crippen LogP contribution is -2.36. The summed E-state index contributed by atoms with van der Waals surface area (Å²) in [5.74, 6) is 0.823. The average Bonchev–Trinajstić information content (AvgIpc) is 2.82. The first kappa shape index (κ1) is 14.7. The van der Waals surface area contributed by atoms with Gasteiger partial charge in [-0.15, -0.1) is 0 Å². The van der Waals surface area contributed by atoms with Gasteiger partial charge in [0.25, 0.3) is 0 Å². The Labute approximate surface area is 126 Å². The lowest BCUT2D eigenvalue weighted by molar-refractivity contribution is 0.237. The molecule has 1 aromatic carbocycles. The zero-order valence-corrected chi connectivity index (χ0v) is 13.0. The predicted molar refractivity (Wildman–Crippen MR) is 81.4 cm³/mol. The molecule has 2 rings (SSSR count). The number of urea groups is 1. The minimum Gasteiger partial charge on any atom is -0.469 e. The molecule has 5 heteroatoms. The molecule has 0 aliphatic carbocycles. The fraction of sp³-hybridized carbons (Fsp3) is 0.267. The molecule has 0 aliphatic heterocycles. The molecule has 0 aliphatic rings. The Hall–Kier alpha value is -1.75. The number of carbonyl (C=O) groups excluding carboxylic acids is 1. The summed E-state index contributed by atoms with van der Waals surface area (Å²) in [6.45, 7) is 4.28. The van der Waals surface area contributed by atoms with Gasteiger partial charge in [-0.25, -0.2) is 4.79 Å². The number of hydrogen-bond acceptors (Lipinski definition) is 2. The second-order valence-corrected chi connectivity index (χ2v) is 5.43. The number of carbonyl (C=O) groups is 1. The van der Waals surface area contributed by atoms with Crippen LogP contribution in [-0.2, 0) is 6.54 Å². The highest BCUT2D eigenvalue weighted by molar-refractivity contribution is 9.10. The van der Waals surface area contributed by atoms with Crippen LogP contribution in [0.25, 0.3) is 0 Å². The summed E-state index contributed by atoms with van der Waals surface area (Å²) in [7, 11) is 0. The number of rotatable bonds is 4. The topological polar surface area (TPSA) is 54.3 Å². The summed E-state index contributed by atoms with van der Waals surface area (Å²) >= 11 is 3.48. The van der Waals surface area contributed by atoms with E-state index in [1.807, 2.05) is 44.2 Å². The van der Waals surface area contributed by atoms with Crippen LogP contribution in [0, 0.1) is 6.92 Å². The van der Waals surface area contributed by atoms with Gasteiger partial charge in [-0.3, -0.25) is 0 Å². The summed E-state index contributed by atoms with van der Waals surface area (Å²) in [6, 6.07) is 9.42. The Balaban J connectivity index is 1.88. The zero-order chi connectivity index (χ0) is 14.5. The van der Waals surface area contributed by atoms with Gasteiger partial charge in [0, 0.05) is 16.6 Å². The predicted octanol–water partition coefficient (Wildman–Crippen LogP) is 3.91. The van der Waals surface area contributed by atoms with Crippen LogP contribution in [0.3, 0.4) is 0 Å². The van der Waals surface area contributed by atoms with Crippen LogP contribution in [0.15, 0.2) is 45.5 Å². The summed E-state index contributed by atoms with van der Waals surface area (Å²) in [4.78, 5) is 11.9. The Kier molecular flexibility index (Phi) is 4.84. The first-order valence-corrected chi connectivity index (χ1v) is 7.19. The standard InChI is InChI=1S/C15H17BrN2O2/c1-10(13-5-3-4-6-14(13)16)18-15(19)17-9-12-7-8-20-11(12)2/h3-8,10H,9H2,1-2H3,(H2,17,18,19). The molecule has 0 radical (unpaired) electrons. The van der Waals surface area contributed by atoms with Gasteiger partial charge < -0.3 is 15.1 Å². The Morgan fingerprint density at radius 3 is 2.75 bits per heavy atom. The second kappa shape index (κ2) is 6.61. The van der Waals surface area contributed by atoms with E-state index in [0.717, 1.165) is 21.4 Å². The molecule has 4 nitrogen and oxygen atoms in total. The van der Waals surface area contributed by atoms with Crippen molar-refractivity contribution in [3.05, 3.63) is 58.0 Å². The SMILES string of the molecule is Cc1occc1CNC(=O)NC(C)c1ccccc1Br. The molecule has 1 unspecified atom stereocenters. The number of nitrogens with one attached hydrogen (secondary N) is 2. The molecular weight excluding hydrogens is 320 g/mol. The maximum Gasteiger partial charge on any atom is 0.315 e. The fourth-order valence-corrected chi connectivity index (χ4v) is 2.55. The van der Waals surface area contributed by atoms with Crippen LogP contribution < -0.4 is 10.6 Å². The maximum atomic E-state index is 11.9. The first-order chi connectivity index (χ1) is 9.58. The number of furan rings is 1. The quantitative estimate of drug-likeness (QED) is 0.889. The van der Waals surface area contributed by atoms with E-state index >= 15 is 0 Å². The molecule has 0 saturated carbocycles. The molecule has 0 saturated heterocycles. The lowest BCUT2D eigenvalue weighted by Gasteiger charge is -2.16. The largest absolute Gasteiger partial charge is 0.469 e. The molecule has 2 amide bonds. The lowest BCUT2D eigenvalue weighted by atomic mass is 10.1. The summed E-state index contributed by atoms with van der Waals surface area (Å²) < 4.78 is 6.17. The normalized spacial score (nSPS) is 11.9. The van der Waals surface area contributed by atoms with E-state index < -0.39 is 0 Å². The molecule has 1 heterocycles. The van der Waals surface area contributed by atoms with Crippen molar-refractivity contribution in [2.24, 2.45) is 0 Å². The number of aryl methyl sites for hydroxylation is 1. The van der Waals surface area contributed by atoms with Gasteiger partial charge in [-0.05, 0) is 31.5 Å². The fourth-order valence-electron chi connectivity index (χ4n) is 1.92.